The van der Waals surface area contributed by atoms with Gasteiger partial charge in [0.1, 0.15) is 0 Å². The van der Waals surface area contributed by atoms with E-state index >= 15 is 0 Å². The third-order valence-corrected chi connectivity index (χ3v) is 1.40. The molecule has 0 aliphatic heterocycles. The Morgan fingerprint density at radius 1 is 1.71 bits per heavy atom. The van der Waals surface area contributed by atoms with Gasteiger partial charge in [-0.15, -0.1) is 0 Å². The molecule has 0 aromatic heterocycles. The molecule has 1 nitrogen and oxygen atoms in total. The highest BCUT2D eigenvalue weighted by atomic mass is 14.9. The largest absolute Gasteiger partial charge is 0.314 e. The molecule has 7 heavy (non-hydrogen) atoms. The first kappa shape index (κ1) is 5.10. The lowest BCUT2D eigenvalue weighted by atomic mass is 9.93. The van der Waals surface area contributed by atoms with Gasteiger partial charge in [0.05, 0.1) is 0 Å². The monoisotopic (exact) mass is 98.1 g/mol. The topological polar surface area (TPSA) is 12.0 Å². The lowest BCUT2D eigenvalue weighted by molar-refractivity contribution is 0.431. The maximum Gasteiger partial charge on any atom is 0.00724 e. The normalized spacial score (nSPS) is 21.9. The van der Waals surface area contributed by atoms with E-state index in [-0.39, 0.29) is 0 Å². The molecule has 0 aromatic rings. The number of nitrogens with one attached hydrogen (secondary N) is 1. The van der Waals surface area contributed by atoms with E-state index in [4.69, 9.17) is 0 Å². The van der Waals surface area contributed by atoms with Crippen LogP contribution in [0.3, 0.4) is 0 Å². The van der Waals surface area contributed by atoms with Crippen molar-refractivity contribution in [3.05, 3.63) is 6.42 Å². The lowest BCUT2D eigenvalue weighted by Gasteiger charge is -2.25. The number of hydrogen-bond donors (Lipinski definition) is 1. The molecule has 0 spiro atoms. The van der Waals surface area contributed by atoms with Crippen molar-refractivity contribution in [1.82, 2.24) is 5.32 Å². The van der Waals surface area contributed by atoms with Crippen LogP contribution in [-0.2, 0) is 0 Å². The minimum absolute atomic E-state index is 0.824. The second-order valence-corrected chi connectivity index (χ2v) is 2.01. The highest BCUT2D eigenvalue weighted by Gasteiger charge is 2.14. The quantitative estimate of drug-likeness (QED) is 0.542. The van der Waals surface area contributed by atoms with Gasteiger partial charge in [0, 0.05) is 6.04 Å². The van der Waals surface area contributed by atoms with Gasteiger partial charge in [0.15, 0.2) is 0 Å². The van der Waals surface area contributed by atoms with Crippen molar-refractivity contribution < 1.29 is 0 Å². The molecule has 1 radical (unpaired) electrons. The van der Waals surface area contributed by atoms with Crippen LogP contribution in [0.2, 0.25) is 0 Å². The van der Waals surface area contributed by atoms with E-state index in [1.165, 1.54) is 12.8 Å². The molecule has 1 aliphatic rings. The molecule has 1 saturated carbocycles. The van der Waals surface area contributed by atoms with E-state index in [0.29, 0.717) is 0 Å². The summed E-state index contributed by atoms with van der Waals surface area (Å²) >= 11 is 0. The summed E-state index contributed by atoms with van der Waals surface area (Å²) in [4.78, 5) is 0. The predicted molar refractivity (Wildman–Crippen MR) is 31.0 cm³/mol. The van der Waals surface area contributed by atoms with Crippen LogP contribution in [0.1, 0.15) is 19.8 Å². The summed E-state index contributed by atoms with van der Waals surface area (Å²) in [6, 6.07) is 0.824. The van der Waals surface area contributed by atoms with E-state index in [0.717, 1.165) is 12.6 Å². The molecule has 0 atom stereocenters. The van der Waals surface area contributed by atoms with Gasteiger partial charge < -0.3 is 5.32 Å². The Balaban J connectivity index is 1.93. The fourth-order valence-corrected chi connectivity index (χ4v) is 0.789. The number of hydrogen-bond acceptors (Lipinski definition) is 1. The van der Waals surface area contributed by atoms with Gasteiger partial charge in [0.25, 0.3) is 0 Å². The fraction of sp³-hybridized carbons (Fsp3) is 0.833. The van der Waals surface area contributed by atoms with E-state index in [1.807, 2.05) is 0 Å². The maximum atomic E-state index is 3.35. The Hall–Kier alpha value is -0.0400. The van der Waals surface area contributed by atoms with Crippen molar-refractivity contribution in [3.63, 3.8) is 0 Å². The summed E-state index contributed by atoms with van der Waals surface area (Å²) in [6.07, 6.45) is 4.88. The summed E-state index contributed by atoms with van der Waals surface area (Å²) < 4.78 is 0. The van der Waals surface area contributed by atoms with Crippen molar-refractivity contribution in [2.45, 2.75) is 25.8 Å². The van der Waals surface area contributed by atoms with Crippen LogP contribution in [0, 0.1) is 6.42 Å². The molecule has 1 aliphatic carbocycles. The maximum absolute atomic E-state index is 3.35. The van der Waals surface area contributed by atoms with Crippen LogP contribution in [-0.4, -0.2) is 12.6 Å². The molecule has 1 N–H and O–H groups in total. The molecule has 0 heterocycles. The highest BCUT2D eigenvalue weighted by Crippen LogP contribution is 2.15. The smallest absolute Gasteiger partial charge is 0.00724 e. The van der Waals surface area contributed by atoms with Crippen molar-refractivity contribution in [2.24, 2.45) is 0 Å². The molecule has 0 unspecified atom stereocenters. The fourth-order valence-electron chi connectivity index (χ4n) is 0.789. The van der Waals surface area contributed by atoms with Crippen molar-refractivity contribution >= 4 is 0 Å². The second-order valence-electron chi connectivity index (χ2n) is 2.01. The Morgan fingerprint density at radius 3 is 2.57 bits per heavy atom. The molecule has 0 saturated heterocycles. The van der Waals surface area contributed by atoms with Crippen LogP contribution in [0.4, 0.5) is 0 Å². The molecule has 0 aromatic carbocycles. The zero-order valence-electron chi connectivity index (χ0n) is 4.78. The minimum atomic E-state index is 0.824. The first-order valence-electron chi connectivity index (χ1n) is 2.98. The summed E-state index contributed by atoms with van der Waals surface area (Å²) in [5.41, 5.74) is 0. The van der Waals surface area contributed by atoms with Crippen LogP contribution in [0.5, 0.6) is 0 Å². The van der Waals surface area contributed by atoms with Crippen molar-refractivity contribution in [3.8, 4) is 0 Å². The molecular formula is C6H12N. The van der Waals surface area contributed by atoms with Gasteiger partial charge in [0.2, 0.25) is 0 Å². The Labute approximate surface area is 45.1 Å². The molecule has 1 heteroatoms. The van der Waals surface area contributed by atoms with Gasteiger partial charge in [-0.1, -0.05) is 6.92 Å². The third-order valence-electron chi connectivity index (χ3n) is 1.40. The van der Waals surface area contributed by atoms with Crippen LogP contribution >= 0.6 is 0 Å². The molecular weight excluding hydrogens is 86.1 g/mol. The molecule has 1 rings (SSSR count). The predicted octanol–water partition coefficient (Wildman–Crippen LogP) is 0.963. The van der Waals surface area contributed by atoms with Crippen LogP contribution in [0.15, 0.2) is 0 Å². The van der Waals surface area contributed by atoms with Gasteiger partial charge in [-0.3, -0.25) is 0 Å². The van der Waals surface area contributed by atoms with Gasteiger partial charge in [-0.05, 0) is 25.8 Å². The van der Waals surface area contributed by atoms with E-state index in [2.05, 4.69) is 18.7 Å². The van der Waals surface area contributed by atoms with Gasteiger partial charge in [-0.2, -0.15) is 0 Å². The zero-order chi connectivity index (χ0) is 5.11. The lowest BCUT2D eigenvalue weighted by Crippen LogP contribution is -2.35. The highest BCUT2D eigenvalue weighted by molar-refractivity contribution is 4.90. The van der Waals surface area contributed by atoms with E-state index in [1.54, 1.807) is 0 Å². The summed E-state index contributed by atoms with van der Waals surface area (Å²) in [5.74, 6) is 0. The average molecular weight is 98.2 g/mol. The molecule has 1 fully saturated rings. The Bertz CT molecular complexity index is 48.1. The standard InChI is InChI=1S/C6H12N/c1-2-7-6-4-3-5-6/h3,6-7H,2,4-5H2,1H3. The number of rotatable bonds is 2. The van der Waals surface area contributed by atoms with Crippen LogP contribution in [0.25, 0.3) is 0 Å². The first-order chi connectivity index (χ1) is 3.43. The van der Waals surface area contributed by atoms with E-state index < -0.39 is 0 Å². The third kappa shape index (κ3) is 1.16. The van der Waals surface area contributed by atoms with E-state index in [9.17, 15) is 0 Å². The minimum Gasteiger partial charge on any atom is -0.314 e. The molecule has 0 amide bonds. The first-order valence-corrected chi connectivity index (χ1v) is 2.98. The van der Waals surface area contributed by atoms with Crippen molar-refractivity contribution in [1.29, 1.82) is 0 Å². The molecule has 41 valence electrons. The zero-order valence-corrected chi connectivity index (χ0v) is 4.78. The van der Waals surface area contributed by atoms with Gasteiger partial charge >= 0.3 is 0 Å². The second kappa shape index (κ2) is 2.31. The summed E-state index contributed by atoms with van der Waals surface area (Å²) in [5, 5.41) is 3.35. The molecule has 0 bridgehead atoms. The average Bonchev–Trinajstić information content (AvgIpc) is 1.55. The van der Waals surface area contributed by atoms with Crippen LogP contribution < -0.4 is 5.32 Å². The summed E-state index contributed by atoms with van der Waals surface area (Å²) in [6.45, 7) is 3.27. The van der Waals surface area contributed by atoms with Crippen molar-refractivity contribution in [2.75, 3.05) is 6.54 Å². The SMILES string of the molecule is CCNC1C[CH]C1. The Kier molecular flexibility index (Phi) is 1.69. The summed E-state index contributed by atoms with van der Waals surface area (Å²) in [7, 11) is 0. The Morgan fingerprint density at radius 2 is 2.43 bits per heavy atom. The van der Waals surface area contributed by atoms with Gasteiger partial charge in [-0.25, -0.2) is 0 Å².